The van der Waals surface area contributed by atoms with Crippen molar-refractivity contribution in [1.29, 1.82) is 5.26 Å². The van der Waals surface area contributed by atoms with E-state index in [1.54, 1.807) is 6.08 Å². The Hall–Kier alpha value is -1.59. The molecule has 0 fully saturated rings. The van der Waals surface area contributed by atoms with Crippen molar-refractivity contribution in [3.05, 3.63) is 47.0 Å². The van der Waals surface area contributed by atoms with E-state index in [2.05, 4.69) is 12.6 Å². The van der Waals surface area contributed by atoms with Crippen LogP contribution in [0.4, 0.5) is 0 Å². The summed E-state index contributed by atoms with van der Waals surface area (Å²) < 4.78 is 0. The van der Waals surface area contributed by atoms with Gasteiger partial charge in [-0.3, -0.25) is 0 Å². The number of rotatable bonds is 2. The van der Waals surface area contributed by atoms with Crippen LogP contribution in [-0.4, -0.2) is 0 Å². The van der Waals surface area contributed by atoms with Gasteiger partial charge in [0.15, 0.2) is 0 Å². The lowest BCUT2D eigenvalue weighted by atomic mass is 9.97. The van der Waals surface area contributed by atoms with E-state index in [1.165, 1.54) is 0 Å². The highest BCUT2D eigenvalue weighted by Crippen LogP contribution is 2.19. The first kappa shape index (κ1) is 10.5. The van der Waals surface area contributed by atoms with E-state index in [9.17, 15) is 0 Å². The van der Waals surface area contributed by atoms with Gasteiger partial charge in [0.2, 0.25) is 0 Å². The van der Waals surface area contributed by atoms with Crippen LogP contribution in [0.25, 0.3) is 0 Å². The molecule has 0 aliphatic carbocycles. The van der Waals surface area contributed by atoms with Gasteiger partial charge in [-0.15, -0.1) is 6.58 Å². The third-order valence-corrected chi connectivity index (χ3v) is 2.31. The van der Waals surface area contributed by atoms with Crippen LogP contribution in [0.5, 0.6) is 0 Å². The maximum atomic E-state index is 8.88. The number of nitrogens with zero attached hydrogens (tertiary/aromatic N) is 1. The van der Waals surface area contributed by atoms with Crippen molar-refractivity contribution < 1.29 is 0 Å². The average molecular weight is 186 g/mol. The van der Waals surface area contributed by atoms with Crippen molar-refractivity contribution in [3.8, 4) is 6.07 Å². The Bertz CT molecular complexity index is 376. The molecule has 0 radical (unpaired) electrons. The summed E-state index contributed by atoms with van der Waals surface area (Å²) in [6.45, 7) is 7.49. The highest BCUT2D eigenvalue weighted by Gasteiger charge is 2.07. The lowest BCUT2D eigenvalue weighted by Crippen LogP contribution is -2.07. The molecule has 0 heterocycles. The zero-order valence-corrected chi connectivity index (χ0v) is 8.54. The molecule has 1 rings (SSSR count). The largest absolute Gasteiger partial charge is 0.321 e. The zero-order valence-electron chi connectivity index (χ0n) is 8.54. The minimum absolute atomic E-state index is 0.153. The summed E-state index contributed by atoms with van der Waals surface area (Å²) >= 11 is 0. The molecule has 0 saturated carbocycles. The van der Waals surface area contributed by atoms with E-state index < -0.39 is 0 Å². The van der Waals surface area contributed by atoms with Gasteiger partial charge in [-0.2, -0.15) is 5.26 Å². The number of benzene rings is 1. The summed E-state index contributed by atoms with van der Waals surface area (Å²) in [6.07, 6.45) is 1.69. The Morgan fingerprint density at radius 3 is 2.29 bits per heavy atom. The molecule has 0 aliphatic rings. The van der Waals surface area contributed by atoms with Gasteiger partial charge in [0.1, 0.15) is 0 Å². The van der Waals surface area contributed by atoms with E-state index in [0.29, 0.717) is 0 Å². The molecule has 2 nitrogen and oxygen atoms in total. The van der Waals surface area contributed by atoms with Gasteiger partial charge in [-0.05, 0) is 30.5 Å². The van der Waals surface area contributed by atoms with Crippen LogP contribution in [0.3, 0.4) is 0 Å². The van der Waals surface area contributed by atoms with Crippen LogP contribution in [0.1, 0.15) is 28.3 Å². The van der Waals surface area contributed by atoms with E-state index in [4.69, 9.17) is 11.0 Å². The number of nitriles is 1. The van der Waals surface area contributed by atoms with Crippen LogP contribution in [-0.2, 0) is 0 Å². The highest BCUT2D eigenvalue weighted by molar-refractivity contribution is 5.46. The molecular formula is C12H14N2. The summed E-state index contributed by atoms with van der Waals surface area (Å²) in [6, 6.07) is 5.91. The highest BCUT2D eigenvalue weighted by atomic mass is 14.6. The predicted molar refractivity (Wildman–Crippen MR) is 57.8 cm³/mol. The molecule has 0 bridgehead atoms. The van der Waals surface area contributed by atoms with Crippen LogP contribution in [0.2, 0.25) is 0 Å². The fraction of sp³-hybridized carbons (Fsp3) is 0.250. The van der Waals surface area contributed by atoms with Crippen molar-refractivity contribution in [3.63, 3.8) is 0 Å². The SMILES string of the molecule is C=C[C@H](N)c1cc(C)c(C#N)c(C)c1. The van der Waals surface area contributed by atoms with E-state index in [0.717, 1.165) is 22.3 Å². The second-order valence-electron chi connectivity index (χ2n) is 3.40. The minimum Gasteiger partial charge on any atom is -0.321 e. The van der Waals surface area contributed by atoms with E-state index in [-0.39, 0.29) is 6.04 Å². The first-order chi connectivity index (χ1) is 6.60. The lowest BCUT2D eigenvalue weighted by Gasteiger charge is -2.10. The number of aryl methyl sites for hydroxylation is 2. The smallest absolute Gasteiger partial charge is 0.0997 e. The summed E-state index contributed by atoms with van der Waals surface area (Å²) in [4.78, 5) is 0. The Balaban J connectivity index is 3.28. The Morgan fingerprint density at radius 2 is 1.93 bits per heavy atom. The monoisotopic (exact) mass is 186 g/mol. The maximum Gasteiger partial charge on any atom is 0.0997 e. The van der Waals surface area contributed by atoms with Gasteiger partial charge in [0.25, 0.3) is 0 Å². The molecule has 72 valence electrons. The molecular weight excluding hydrogens is 172 g/mol. The molecule has 1 aromatic carbocycles. The topological polar surface area (TPSA) is 49.8 Å². The molecule has 0 spiro atoms. The normalized spacial score (nSPS) is 11.9. The zero-order chi connectivity index (χ0) is 10.7. The Labute approximate surface area is 84.7 Å². The molecule has 0 aliphatic heterocycles. The van der Waals surface area contributed by atoms with Gasteiger partial charge in [-0.25, -0.2) is 0 Å². The molecule has 2 N–H and O–H groups in total. The second-order valence-corrected chi connectivity index (χ2v) is 3.40. The van der Waals surface area contributed by atoms with E-state index >= 15 is 0 Å². The van der Waals surface area contributed by atoms with E-state index in [1.807, 2.05) is 26.0 Å². The van der Waals surface area contributed by atoms with Crippen molar-refractivity contribution >= 4 is 0 Å². The number of nitrogens with two attached hydrogens (primary N) is 1. The van der Waals surface area contributed by atoms with Crippen LogP contribution in [0, 0.1) is 25.2 Å². The van der Waals surface area contributed by atoms with Crippen molar-refractivity contribution in [2.45, 2.75) is 19.9 Å². The van der Waals surface area contributed by atoms with Gasteiger partial charge in [-0.1, -0.05) is 18.2 Å². The fourth-order valence-corrected chi connectivity index (χ4v) is 1.50. The number of hydrogen-bond acceptors (Lipinski definition) is 2. The second kappa shape index (κ2) is 4.08. The summed E-state index contributed by atoms with van der Waals surface area (Å²) in [7, 11) is 0. The van der Waals surface area contributed by atoms with Crippen LogP contribution < -0.4 is 5.73 Å². The first-order valence-corrected chi connectivity index (χ1v) is 4.49. The molecule has 14 heavy (non-hydrogen) atoms. The summed E-state index contributed by atoms with van der Waals surface area (Å²) in [5, 5.41) is 8.88. The average Bonchev–Trinajstić information content (AvgIpc) is 2.16. The Morgan fingerprint density at radius 1 is 1.43 bits per heavy atom. The van der Waals surface area contributed by atoms with Crippen LogP contribution >= 0.6 is 0 Å². The maximum absolute atomic E-state index is 8.88. The van der Waals surface area contributed by atoms with Crippen molar-refractivity contribution in [2.75, 3.05) is 0 Å². The van der Waals surface area contributed by atoms with Crippen molar-refractivity contribution in [1.82, 2.24) is 0 Å². The lowest BCUT2D eigenvalue weighted by molar-refractivity contribution is 0.909. The molecule has 0 aromatic heterocycles. The molecule has 0 amide bonds. The summed E-state index contributed by atoms with van der Waals surface area (Å²) in [5.41, 5.74) is 9.52. The van der Waals surface area contributed by atoms with Crippen LogP contribution in [0.15, 0.2) is 24.8 Å². The summed E-state index contributed by atoms with van der Waals surface area (Å²) in [5.74, 6) is 0. The number of hydrogen-bond donors (Lipinski definition) is 1. The fourth-order valence-electron chi connectivity index (χ4n) is 1.50. The molecule has 2 heteroatoms. The minimum atomic E-state index is -0.153. The first-order valence-electron chi connectivity index (χ1n) is 4.49. The van der Waals surface area contributed by atoms with Gasteiger partial charge < -0.3 is 5.73 Å². The molecule has 0 saturated heterocycles. The predicted octanol–water partition coefficient (Wildman–Crippen LogP) is 2.36. The van der Waals surface area contributed by atoms with Gasteiger partial charge in [0, 0.05) is 6.04 Å². The molecule has 1 aromatic rings. The standard InChI is InChI=1S/C12H14N2/c1-4-12(14)10-5-8(2)11(7-13)9(3)6-10/h4-6,12H,1,14H2,2-3H3/t12-/m0/s1. The quantitative estimate of drug-likeness (QED) is 0.721. The Kier molecular flexibility index (Phi) is 3.06. The third-order valence-electron chi connectivity index (χ3n) is 2.31. The molecule has 0 unspecified atom stereocenters. The van der Waals surface area contributed by atoms with Gasteiger partial charge in [0.05, 0.1) is 11.6 Å². The third kappa shape index (κ3) is 1.84. The molecule has 1 atom stereocenters. The van der Waals surface area contributed by atoms with Gasteiger partial charge >= 0.3 is 0 Å². The van der Waals surface area contributed by atoms with Crippen molar-refractivity contribution in [2.24, 2.45) is 5.73 Å².